The van der Waals surface area contributed by atoms with E-state index >= 15 is 0 Å². The van der Waals surface area contributed by atoms with Crippen molar-refractivity contribution >= 4 is 37.9 Å². The summed E-state index contributed by atoms with van der Waals surface area (Å²) in [5.41, 5.74) is 5.94. The minimum atomic E-state index is -2.07. The van der Waals surface area contributed by atoms with Gasteiger partial charge < -0.3 is 14.9 Å². The predicted octanol–water partition coefficient (Wildman–Crippen LogP) is 3.21. The number of piperidine rings is 1. The molecular weight excluding hydrogens is 470 g/mol. The lowest BCUT2D eigenvalue weighted by Crippen LogP contribution is -2.62. The first-order valence-electron chi connectivity index (χ1n) is 12.0. The smallest absolute Gasteiger partial charge is 0.356 e. The van der Waals surface area contributed by atoms with Gasteiger partial charge in [0, 0.05) is 11.4 Å². The van der Waals surface area contributed by atoms with Crippen molar-refractivity contribution in [3.8, 4) is 0 Å². The second-order valence-electron chi connectivity index (χ2n) is 10.9. The molecule has 0 aromatic rings. The van der Waals surface area contributed by atoms with Gasteiger partial charge in [0.05, 0.1) is 18.1 Å². The normalized spacial score (nSPS) is 26.7. The standard InChI is InChI=1S/C24H39N3O5SSi/c1-8-13-31-23(30)19-17(14-26-12-10-9-11-16(26)20(25)28)33-22-18(21(29)27(19)22)15(2)32-34(6,7)24(3,4)5/h8,15-16,18,22H,1,9-14H2,2-7H3,(H2,25,28)/t15-,16+,18+,22-/m1/s1. The Bertz CT molecular complexity index is 884. The summed E-state index contributed by atoms with van der Waals surface area (Å²) >= 11 is 1.51. The van der Waals surface area contributed by atoms with Crippen LogP contribution in [-0.2, 0) is 23.5 Å². The number of esters is 1. The molecule has 2 saturated heterocycles. The lowest BCUT2D eigenvalue weighted by Gasteiger charge is -2.48. The zero-order valence-electron chi connectivity index (χ0n) is 21.3. The summed E-state index contributed by atoms with van der Waals surface area (Å²) in [4.78, 5) is 42.6. The molecule has 4 atom stereocenters. The fraction of sp³-hybridized carbons (Fsp3) is 0.708. The summed E-state index contributed by atoms with van der Waals surface area (Å²) in [6.07, 6.45) is 3.85. The molecule has 0 aliphatic carbocycles. The van der Waals surface area contributed by atoms with Crippen LogP contribution in [0.5, 0.6) is 0 Å². The molecule has 3 aliphatic rings. The number of nitrogens with zero attached hydrogens (tertiary/aromatic N) is 2. The molecule has 190 valence electrons. The Labute approximate surface area is 208 Å². The molecule has 3 aliphatic heterocycles. The van der Waals surface area contributed by atoms with Crippen molar-refractivity contribution < 1.29 is 23.5 Å². The van der Waals surface area contributed by atoms with Crippen molar-refractivity contribution in [3.05, 3.63) is 23.3 Å². The number of primary amides is 1. The van der Waals surface area contributed by atoms with Crippen LogP contribution in [0, 0.1) is 5.92 Å². The fourth-order valence-corrected chi connectivity index (χ4v) is 7.60. The number of hydrogen-bond donors (Lipinski definition) is 1. The van der Waals surface area contributed by atoms with Crippen LogP contribution in [0.3, 0.4) is 0 Å². The number of rotatable bonds is 9. The van der Waals surface area contributed by atoms with Gasteiger partial charge in [-0.15, -0.1) is 11.8 Å². The number of ether oxygens (including phenoxy) is 1. The summed E-state index contributed by atoms with van der Waals surface area (Å²) in [7, 11) is -2.07. The molecule has 2 fully saturated rings. The quantitative estimate of drug-likeness (QED) is 0.220. The first kappa shape index (κ1) is 27.0. The predicted molar refractivity (Wildman–Crippen MR) is 136 cm³/mol. The Balaban J connectivity index is 1.83. The number of carbonyl (C=O) groups is 3. The van der Waals surface area contributed by atoms with E-state index in [1.54, 1.807) is 4.90 Å². The number of β-lactam (4-membered cyclic amide) rings is 1. The van der Waals surface area contributed by atoms with Crippen LogP contribution in [0.4, 0.5) is 0 Å². The maximum Gasteiger partial charge on any atom is 0.356 e. The lowest BCUT2D eigenvalue weighted by atomic mass is 9.92. The van der Waals surface area contributed by atoms with Crippen molar-refractivity contribution in [3.63, 3.8) is 0 Å². The molecule has 0 saturated carbocycles. The molecule has 2 amide bonds. The largest absolute Gasteiger partial charge is 0.457 e. The van der Waals surface area contributed by atoms with E-state index in [0.717, 1.165) is 24.3 Å². The van der Waals surface area contributed by atoms with E-state index in [0.29, 0.717) is 13.0 Å². The summed E-state index contributed by atoms with van der Waals surface area (Å²) < 4.78 is 11.9. The third kappa shape index (κ3) is 5.15. The molecule has 0 aromatic carbocycles. The minimum Gasteiger partial charge on any atom is -0.457 e. The van der Waals surface area contributed by atoms with Gasteiger partial charge in [0.1, 0.15) is 17.7 Å². The molecule has 0 unspecified atom stereocenters. The third-order valence-electron chi connectivity index (χ3n) is 7.46. The summed E-state index contributed by atoms with van der Waals surface area (Å²) in [5, 5.41) is -0.192. The molecule has 0 bridgehead atoms. The highest BCUT2D eigenvalue weighted by atomic mass is 32.2. The average molecular weight is 510 g/mol. The van der Waals surface area contributed by atoms with E-state index < -0.39 is 14.3 Å². The topological polar surface area (TPSA) is 102 Å². The van der Waals surface area contributed by atoms with E-state index in [1.807, 2.05) is 11.8 Å². The van der Waals surface area contributed by atoms with Crippen molar-refractivity contribution in [2.75, 3.05) is 19.7 Å². The van der Waals surface area contributed by atoms with E-state index in [9.17, 15) is 14.4 Å². The highest BCUT2D eigenvalue weighted by molar-refractivity contribution is 8.04. The zero-order valence-corrected chi connectivity index (χ0v) is 23.1. The van der Waals surface area contributed by atoms with Gasteiger partial charge >= 0.3 is 5.97 Å². The number of carbonyl (C=O) groups excluding carboxylic acids is 3. The van der Waals surface area contributed by atoms with Crippen LogP contribution in [-0.4, -0.2) is 73.1 Å². The van der Waals surface area contributed by atoms with Gasteiger partial charge in [-0.1, -0.05) is 39.8 Å². The van der Waals surface area contributed by atoms with Gasteiger partial charge in [-0.3, -0.25) is 19.4 Å². The Morgan fingerprint density at radius 2 is 2.00 bits per heavy atom. The number of hydrogen-bond acceptors (Lipinski definition) is 7. The van der Waals surface area contributed by atoms with E-state index in [-0.39, 0.29) is 52.6 Å². The van der Waals surface area contributed by atoms with Gasteiger partial charge in [0.15, 0.2) is 8.32 Å². The highest BCUT2D eigenvalue weighted by Gasteiger charge is 2.59. The van der Waals surface area contributed by atoms with Crippen molar-refractivity contribution in [1.29, 1.82) is 0 Å². The van der Waals surface area contributed by atoms with Crippen molar-refractivity contribution in [2.24, 2.45) is 11.7 Å². The summed E-state index contributed by atoms with van der Waals surface area (Å²) in [5.74, 6) is -1.35. The van der Waals surface area contributed by atoms with Gasteiger partial charge in [-0.25, -0.2) is 4.79 Å². The van der Waals surface area contributed by atoms with Crippen LogP contribution >= 0.6 is 11.8 Å². The zero-order chi connectivity index (χ0) is 25.4. The van der Waals surface area contributed by atoms with Crippen LogP contribution in [0.1, 0.15) is 47.0 Å². The molecule has 8 nitrogen and oxygen atoms in total. The Morgan fingerprint density at radius 1 is 1.32 bits per heavy atom. The fourth-order valence-electron chi connectivity index (χ4n) is 4.55. The number of likely N-dealkylation sites (tertiary alicyclic amines) is 1. The molecule has 10 heteroatoms. The Morgan fingerprint density at radius 3 is 2.59 bits per heavy atom. The van der Waals surface area contributed by atoms with E-state index in [1.165, 1.54) is 17.8 Å². The van der Waals surface area contributed by atoms with Gasteiger partial charge in [-0.05, 0) is 44.4 Å². The molecule has 0 spiro atoms. The summed E-state index contributed by atoms with van der Waals surface area (Å²) in [6.45, 7) is 17.6. The molecular formula is C24H39N3O5SSi. The number of nitrogens with two attached hydrogens (primary N) is 1. The third-order valence-corrected chi connectivity index (χ3v) is 13.4. The Kier molecular flexibility index (Phi) is 8.06. The second-order valence-corrected chi connectivity index (χ2v) is 16.8. The number of amides is 2. The van der Waals surface area contributed by atoms with E-state index in [4.69, 9.17) is 14.9 Å². The number of fused-ring (bicyclic) bond motifs is 1. The molecule has 0 aromatic heterocycles. The molecule has 2 N–H and O–H groups in total. The monoisotopic (exact) mass is 509 g/mol. The molecule has 3 heterocycles. The average Bonchev–Trinajstić information content (AvgIpc) is 3.05. The number of thioether (sulfide) groups is 1. The highest BCUT2D eigenvalue weighted by Crippen LogP contribution is 2.52. The minimum absolute atomic E-state index is 0.0255. The van der Waals surface area contributed by atoms with Crippen LogP contribution in [0.25, 0.3) is 0 Å². The first-order chi connectivity index (χ1) is 15.8. The van der Waals surface area contributed by atoms with Crippen LogP contribution in [0.15, 0.2) is 23.3 Å². The maximum absolute atomic E-state index is 13.3. The molecule has 34 heavy (non-hydrogen) atoms. The Hall–Kier alpha value is -1.62. The lowest BCUT2D eigenvalue weighted by molar-refractivity contribution is -0.157. The van der Waals surface area contributed by atoms with Crippen molar-refractivity contribution in [1.82, 2.24) is 9.80 Å². The maximum atomic E-state index is 13.3. The van der Waals surface area contributed by atoms with Gasteiger partial charge in [0.25, 0.3) is 0 Å². The van der Waals surface area contributed by atoms with Gasteiger partial charge in [-0.2, -0.15) is 0 Å². The van der Waals surface area contributed by atoms with Crippen LogP contribution in [0.2, 0.25) is 18.1 Å². The molecule has 3 rings (SSSR count). The molecule has 0 radical (unpaired) electrons. The van der Waals surface area contributed by atoms with E-state index in [2.05, 4.69) is 40.4 Å². The van der Waals surface area contributed by atoms with Gasteiger partial charge in [0.2, 0.25) is 11.8 Å². The second kappa shape index (κ2) is 10.2. The summed E-state index contributed by atoms with van der Waals surface area (Å²) in [6, 6.07) is -0.368. The van der Waals surface area contributed by atoms with Crippen LogP contribution < -0.4 is 5.73 Å². The first-order valence-corrected chi connectivity index (χ1v) is 15.8. The SMILES string of the molecule is C=CCOC(=O)C1=C(CN2CCCC[C@H]2C(N)=O)S[C@@H]2[C@@H]([C@@H](C)O[Si](C)(C)C(C)(C)C)C(=O)N12. The van der Waals surface area contributed by atoms with Crippen molar-refractivity contribution in [2.45, 2.75) is 82.6 Å².